The predicted molar refractivity (Wildman–Crippen MR) is 130 cm³/mol. The molecule has 0 radical (unpaired) electrons. The van der Waals surface area contributed by atoms with E-state index in [9.17, 15) is 0 Å². The third kappa shape index (κ3) is 11.2. The Morgan fingerprint density at radius 2 is 0.862 bits per heavy atom. The Hall–Kier alpha value is -0.850. The summed E-state index contributed by atoms with van der Waals surface area (Å²) in [5.41, 5.74) is 11.6. The Bertz CT molecular complexity index is 431. The zero-order chi connectivity index (χ0) is 23.3. The molecule has 0 aliphatic carbocycles. The van der Waals surface area contributed by atoms with Crippen molar-refractivity contribution >= 4 is 5.96 Å². The van der Waals surface area contributed by atoms with E-state index in [0.29, 0.717) is 6.54 Å². The fourth-order valence-corrected chi connectivity index (χ4v) is 4.49. The normalized spacial score (nSPS) is 14.2. The van der Waals surface area contributed by atoms with Crippen LogP contribution in [0.3, 0.4) is 0 Å². The Morgan fingerprint density at radius 1 is 0.552 bits per heavy atom. The van der Waals surface area contributed by atoms with E-state index >= 15 is 0 Å². The standard InChI is InChI=1S/C23H52N6/c1-20(2,3)28(21(4,5)6)17-15-27(14-13-26-19(24)25)16-18-29(22(7,8)9)23(10,11)12/h13-18H2,1-12H3,(H4,24,25,26). The van der Waals surface area contributed by atoms with Crippen LogP contribution >= 0.6 is 0 Å². The van der Waals surface area contributed by atoms with Crippen molar-refractivity contribution in [1.29, 1.82) is 0 Å². The van der Waals surface area contributed by atoms with Gasteiger partial charge in [0.15, 0.2) is 5.96 Å². The first-order valence-electron chi connectivity index (χ1n) is 11.1. The van der Waals surface area contributed by atoms with Gasteiger partial charge in [-0.3, -0.25) is 19.7 Å². The number of guanidine groups is 1. The summed E-state index contributed by atoms with van der Waals surface area (Å²) < 4.78 is 0. The topological polar surface area (TPSA) is 74.1 Å². The van der Waals surface area contributed by atoms with E-state index in [1.54, 1.807) is 0 Å². The molecule has 0 heterocycles. The van der Waals surface area contributed by atoms with Gasteiger partial charge in [0.25, 0.3) is 0 Å². The molecule has 0 rings (SSSR count). The van der Waals surface area contributed by atoms with Crippen molar-refractivity contribution < 1.29 is 0 Å². The Balaban J connectivity index is 5.31. The van der Waals surface area contributed by atoms with Crippen LogP contribution in [-0.2, 0) is 0 Å². The third-order valence-corrected chi connectivity index (χ3v) is 5.23. The SMILES string of the molecule is CC(C)(C)N(CCN(CCN=C(N)N)CCN(C(C)(C)C)C(C)(C)C)C(C)(C)C. The fraction of sp³-hybridized carbons (Fsp3) is 0.957. The summed E-state index contributed by atoms with van der Waals surface area (Å²) in [4.78, 5) is 11.9. The first kappa shape index (κ1) is 28.1. The maximum atomic E-state index is 5.54. The van der Waals surface area contributed by atoms with E-state index in [-0.39, 0.29) is 28.1 Å². The minimum Gasteiger partial charge on any atom is -0.370 e. The summed E-state index contributed by atoms with van der Waals surface area (Å²) in [5.74, 6) is 0.168. The molecule has 0 aromatic rings. The lowest BCUT2D eigenvalue weighted by atomic mass is 9.95. The minimum atomic E-state index is 0.118. The largest absolute Gasteiger partial charge is 0.370 e. The molecule has 0 saturated heterocycles. The van der Waals surface area contributed by atoms with Crippen LogP contribution in [0, 0.1) is 0 Å². The van der Waals surface area contributed by atoms with Crippen molar-refractivity contribution in [2.45, 2.75) is 105 Å². The number of nitrogens with zero attached hydrogens (tertiary/aromatic N) is 4. The second-order valence-electron chi connectivity index (χ2n) is 12.1. The van der Waals surface area contributed by atoms with Crippen molar-refractivity contribution in [3.8, 4) is 0 Å². The summed E-state index contributed by atoms with van der Waals surface area (Å²) in [7, 11) is 0. The van der Waals surface area contributed by atoms with Gasteiger partial charge in [0.05, 0.1) is 6.54 Å². The minimum absolute atomic E-state index is 0.118. The highest BCUT2D eigenvalue weighted by Gasteiger charge is 2.33. The van der Waals surface area contributed by atoms with Crippen molar-refractivity contribution in [3.05, 3.63) is 0 Å². The Labute approximate surface area is 182 Å². The average molecular weight is 413 g/mol. The molecule has 0 aliphatic heterocycles. The van der Waals surface area contributed by atoms with E-state index < -0.39 is 0 Å². The van der Waals surface area contributed by atoms with Crippen molar-refractivity contribution in [2.75, 3.05) is 39.3 Å². The number of rotatable bonds is 9. The van der Waals surface area contributed by atoms with Gasteiger partial charge >= 0.3 is 0 Å². The highest BCUT2D eigenvalue weighted by atomic mass is 15.3. The van der Waals surface area contributed by atoms with E-state index in [0.717, 1.165) is 32.7 Å². The summed E-state index contributed by atoms with van der Waals surface area (Å²) in [6.07, 6.45) is 0. The quantitative estimate of drug-likeness (QED) is 0.449. The summed E-state index contributed by atoms with van der Waals surface area (Å²) in [6.45, 7) is 33.1. The van der Waals surface area contributed by atoms with E-state index in [1.807, 2.05) is 0 Å². The van der Waals surface area contributed by atoms with Gasteiger partial charge in [0.2, 0.25) is 0 Å². The average Bonchev–Trinajstić information content (AvgIpc) is 2.40. The summed E-state index contributed by atoms with van der Waals surface area (Å²) >= 11 is 0. The van der Waals surface area contributed by atoms with Crippen LogP contribution in [-0.4, -0.2) is 82.1 Å². The van der Waals surface area contributed by atoms with Crippen molar-refractivity contribution in [3.63, 3.8) is 0 Å². The molecule has 0 amide bonds. The molecule has 0 unspecified atom stereocenters. The molecule has 29 heavy (non-hydrogen) atoms. The molecule has 0 aromatic carbocycles. The lowest BCUT2D eigenvalue weighted by Gasteiger charge is -2.47. The molecule has 0 aliphatic rings. The molecule has 0 bridgehead atoms. The van der Waals surface area contributed by atoms with Gasteiger partial charge in [0.1, 0.15) is 0 Å². The Morgan fingerprint density at radius 3 is 1.10 bits per heavy atom. The monoisotopic (exact) mass is 412 g/mol. The number of nitrogens with two attached hydrogens (primary N) is 2. The van der Waals surface area contributed by atoms with Crippen LogP contribution in [0.4, 0.5) is 0 Å². The van der Waals surface area contributed by atoms with E-state index in [2.05, 4.69) is 103 Å². The molecule has 0 saturated carbocycles. The highest BCUT2D eigenvalue weighted by molar-refractivity contribution is 5.75. The Kier molecular flexibility index (Phi) is 10.1. The molecule has 0 atom stereocenters. The highest BCUT2D eigenvalue weighted by Crippen LogP contribution is 2.25. The van der Waals surface area contributed by atoms with Crippen LogP contribution in [0.5, 0.6) is 0 Å². The first-order valence-corrected chi connectivity index (χ1v) is 11.1. The van der Waals surface area contributed by atoms with Crippen LogP contribution in [0.1, 0.15) is 83.1 Å². The van der Waals surface area contributed by atoms with Crippen molar-refractivity contribution in [2.24, 2.45) is 16.5 Å². The van der Waals surface area contributed by atoms with Crippen molar-refractivity contribution in [1.82, 2.24) is 14.7 Å². The first-order chi connectivity index (χ1) is 12.8. The van der Waals surface area contributed by atoms with Crippen LogP contribution in [0.2, 0.25) is 0 Å². The molecular formula is C23H52N6. The van der Waals surface area contributed by atoms with Gasteiger partial charge in [-0.25, -0.2) is 0 Å². The summed E-state index contributed by atoms with van der Waals surface area (Å²) in [6, 6.07) is 0. The zero-order valence-electron chi connectivity index (χ0n) is 21.7. The molecule has 6 heteroatoms. The van der Waals surface area contributed by atoms with Gasteiger partial charge in [-0.2, -0.15) is 0 Å². The predicted octanol–water partition coefficient (Wildman–Crippen LogP) is 3.36. The molecule has 6 nitrogen and oxygen atoms in total. The summed E-state index contributed by atoms with van der Waals surface area (Å²) in [5, 5.41) is 0. The second-order valence-corrected chi connectivity index (χ2v) is 12.1. The third-order valence-electron chi connectivity index (χ3n) is 5.23. The van der Waals surface area contributed by atoms with Gasteiger partial charge in [-0.15, -0.1) is 0 Å². The maximum absolute atomic E-state index is 5.54. The van der Waals surface area contributed by atoms with Crippen LogP contribution in [0.25, 0.3) is 0 Å². The molecule has 0 fully saturated rings. The van der Waals surface area contributed by atoms with Gasteiger partial charge in [-0.1, -0.05) is 0 Å². The van der Waals surface area contributed by atoms with Crippen LogP contribution < -0.4 is 11.5 Å². The van der Waals surface area contributed by atoms with Crippen LogP contribution in [0.15, 0.2) is 4.99 Å². The number of hydrogen-bond acceptors (Lipinski definition) is 4. The smallest absolute Gasteiger partial charge is 0.185 e. The van der Waals surface area contributed by atoms with Gasteiger partial charge < -0.3 is 11.5 Å². The lowest BCUT2D eigenvalue weighted by molar-refractivity contribution is 0.0141. The lowest BCUT2D eigenvalue weighted by Crippen LogP contribution is -2.57. The van der Waals surface area contributed by atoms with Gasteiger partial charge in [0, 0.05) is 54.9 Å². The molecular weight excluding hydrogens is 360 g/mol. The molecule has 174 valence electrons. The van der Waals surface area contributed by atoms with E-state index in [1.165, 1.54) is 0 Å². The second kappa shape index (κ2) is 10.5. The van der Waals surface area contributed by atoms with Gasteiger partial charge in [-0.05, 0) is 83.1 Å². The number of aliphatic imine (C=N–C) groups is 1. The molecule has 4 N–H and O–H groups in total. The van der Waals surface area contributed by atoms with E-state index in [4.69, 9.17) is 11.5 Å². The number of hydrogen-bond donors (Lipinski definition) is 2. The maximum Gasteiger partial charge on any atom is 0.185 e. The fourth-order valence-electron chi connectivity index (χ4n) is 4.49. The zero-order valence-corrected chi connectivity index (χ0v) is 21.7. The molecule has 0 spiro atoms. The molecule has 0 aromatic heterocycles.